The number of nitrogens with one attached hydrogen (secondary N) is 1. The fourth-order valence-corrected chi connectivity index (χ4v) is 2.52. The van der Waals surface area contributed by atoms with Crippen LogP contribution < -0.4 is 5.32 Å². The lowest BCUT2D eigenvalue weighted by atomic mass is 10.1. The second kappa shape index (κ2) is 5.19. The number of hydrogen-bond donors (Lipinski definition) is 1. The van der Waals surface area contributed by atoms with Crippen LogP contribution in [-0.2, 0) is 6.54 Å². The molecule has 0 saturated carbocycles. The number of rotatable bonds is 4. The van der Waals surface area contributed by atoms with E-state index in [0.29, 0.717) is 0 Å². The van der Waals surface area contributed by atoms with Crippen LogP contribution in [0.15, 0.2) is 0 Å². The number of aryl methyl sites for hydroxylation is 2. The molecule has 1 atom stereocenters. The van der Waals surface area contributed by atoms with Crippen molar-refractivity contribution < 1.29 is 0 Å². The minimum atomic E-state index is 0.729. The van der Waals surface area contributed by atoms with Crippen LogP contribution in [0.2, 0.25) is 5.02 Å². The maximum Gasteiger partial charge on any atom is 0.0844 e. The average molecular weight is 242 g/mol. The number of halogens is 1. The highest BCUT2D eigenvalue weighted by molar-refractivity contribution is 6.31. The second-order valence-corrected chi connectivity index (χ2v) is 5.02. The van der Waals surface area contributed by atoms with Gasteiger partial charge in [-0.05, 0) is 46.1 Å². The largest absolute Gasteiger partial charge is 0.314 e. The first-order chi connectivity index (χ1) is 7.68. The van der Waals surface area contributed by atoms with E-state index in [9.17, 15) is 0 Å². The molecule has 2 rings (SSSR count). The first-order valence-electron chi connectivity index (χ1n) is 6.11. The van der Waals surface area contributed by atoms with Crippen LogP contribution in [0.4, 0.5) is 0 Å². The van der Waals surface area contributed by atoms with Gasteiger partial charge in [0.15, 0.2) is 0 Å². The normalized spacial score (nSPS) is 20.6. The van der Waals surface area contributed by atoms with Crippen molar-refractivity contribution in [3.63, 3.8) is 0 Å². The monoisotopic (exact) mass is 241 g/mol. The predicted molar refractivity (Wildman–Crippen MR) is 67.0 cm³/mol. The average Bonchev–Trinajstić information content (AvgIpc) is 2.85. The van der Waals surface area contributed by atoms with Gasteiger partial charge in [0.2, 0.25) is 0 Å². The van der Waals surface area contributed by atoms with E-state index < -0.39 is 0 Å². The van der Waals surface area contributed by atoms with Crippen molar-refractivity contribution in [2.45, 2.75) is 52.1 Å². The molecule has 3 nitrogen and oxygen atoms in total. The van der Waals surface area contributed by atoms with Crippen molar-refractivity contribution in [2.24, 2.45) is 0 Å². The molecule has 0 spiro atoms. The van der Waals surface area contributed by atoms with E-state index in [1.165, 1.54) is 32.2 Å². The number of nitrogens with zero attached hydrogens (tertiary/aromatic N) is 2. The van der Waals surface area contributed by atoms with E-state index in [-0.39, 0.29) is 0 Å². The third-order valence-electron chi connectivity index (χ3n) is 3.38. The van der Waals surface area contributed by atoms with Gasteiger partial charge in [-0.1, -0.05) is 11.6 Å². The lowest BCUT2D eigenvalue weighted by Gasteiger charge is -2.10. The van der Waals surface area contributed by atoms with Gasteiger partial charge in [0, 0.05) is 12.6 Å². The molecule has 1 fully saturated rings. The molecule has 16 heavy (non-hydrogen) atoms. The molecule has 1 aliphatic heterocycles. The lowest BCUT2D eigenvalue weighted by molar-refractivity contribution is 0.478. The Bertz CT molecular complexity index is 353. The van der Waals surface area contributed by atoms with E-state index in [2.05, 4.69) is 10.4 Å². The Kier molecular flexibility index (Phi) is 3.87. The standard InChI is InChI=1S/C12H20ClN3/c1-9-12(13)10(2)16(15-9)8-4-6-11-5-3-7-14-11/h11,14H,3-8H2,1-2H3. The topological polar surface area (TPSA) is 29.9 Å². The third-order valence-corrected chi connectivity index (χ3v) is 3.93. The van der Waals surface area contributed by atoms with Crippen LogP contribution in [0.25, 0.3) is 0 Å². The van der Waals surface area contributed by atoms with Crippen molar-refractivity contribution in [1.82, 2.24) is 15.1 Å². The number of hydrogen-bond acceptors (Lipinski definition) is 2. The van der Waals surface area contributed by atoms with Gasteiger partial charge in [-0.2, -0.15) is 5.10 Å². The summed E-state index contributed by atoms with van der Waals surface area (Å²) in [6, 6.07) is 0.729. The van der Waals surface area contributed by atoms with E-state index in [4.69, 9.17) is 11.6 Å². The zero-order valence-electron chi connectivity index (χ0n) is 10.1. The smallest absolute Gasteiger partial charge is 0.0844 e. The van der Waals surface area contributed by atoms with E-state index in [1.54, 1.807) is 0 Å². The molecular formula is C12H20ClN3. The Morgan fingerprint density at radius 2 is 2.31 bits per heavy atom. The van der Waals surface area contributed by atoms with Crippen LogP contribution in [0.1, 0.15) is 37.1 Å². The molecule has 1 aromatic heterocycles. The highest BCUT2D eigenvalue weighted by Gasteiger charge is 2.14. The molecule has 0 aliphatic carbocycles. The Balaban J connectivity index is 1.82. The summed E-state index contributed by atoms with van der Waals surface area (Å²) in [6.07, 6.45) is 5.08. The summed E-state index contributed by atoms with van der Waals surface area (Å²) in [5.41, 5.74) is 2.04. The Morgan fingerprint density at radius 1 is 1.50 bits per heavy atom. The molecule has 4 heteroatoms. The summed E-state index contributed by atoms with van der Waals surface area (Å²) < 4.78 is 2.03. The molecule has 0 bridgehead atoms. The summed E-state index contributed by atoms with van der Waals surface area (Å²) >= 11 is 6.11. The minimum absolute atomic E-state index is 0.729. The molecule has 0 amide bonds. The zero-order valence-corrected chi connectivity index (χ0v) is 10.8. The van der Waals surface area contributed by atoms with Crippen molar-refractivity contribution in [3.05, 3.63) is 16.4 Å². The lowest BCUT2D eigenvalue weighted by Crippen LogP contribution is -2.21. The molecule has 1 saturated heterocycles. The Morgan fingerprint density at radius 3 is 2.88 bits per heavy atom. The van der Waals surface area contributed by atoms with Crippen molar-refractivity contribution in [2.75, 3.05) is 6.54 Å². The van der Waals surface area contributed by atoms with E-state index in [0.717, 1.165) is 29.0 Å². The van der Waals surface area contributed by atoms with Crippen molar-refractivity contribution >= 4 is 11.6 Å². The molecule has 0 aromatic carbocycles. The van der Waals surface area contributed by atoms with Crippen LogP contribution >= 0.6 is 11.6 Å². The summed E-state index contributed by atoms with van der Waals surface area (Å²) in [4.78, 5) is 0. The SMILES string of the molecule is Cc1nn(CCCC2CCCN2)c(C)c1Cl. The summed E-state index contributed by atoms with van der Waals surface area (Å²) in [5, 5.41) is 8.78. The van der Waals surface area contributed by atoms with Gasteiger partial charge in [0.05, 0.1) is 16.4 Å². The molecule has 1 unspecified atom stereocenters. The molecule has 90 valence electrons. The van der Waals surface area contributed by atoms with Crippen molar-refractivity contribution in [3.8, 4) is 0 Å². The summed E-state index contributed by atoms with van der Waals surface area (Å²) in [7, 11) is 0. The van der Waals surface area contributed by atoms with E-state index >= 15 is 0 Å². The maximum absolute atomic E-state index is 6.11. The summed E-state index contributed by atoms with van der Waals surface area (Å²) in [6.45, 7) is 6.18. The fraction of sp³-hybridized carbons (Fsp3) is 0.750. The highest BCUT2D eigenvalue weighted by Crippen LogP contribution is 2.19. The van der Waals surface area contributed by atoms with Crippen LogP contribution in [-0.4, -0.2) is 22.4 Å². The van der Waals surface area contributed by atoms with E-state index in [1.807, 2.05) is 18.5 Å². The van der Waals surface area contributed by atoms with Gasteiger partial charge in [0.1, 0.15) is 0 Å². The zero-order chi connectivity index (χ0) is 11.5. The van der Waals surface area contributed by atoms with Crippen molar-refractivity contribution in [1.29, 1.82) is 0 Å². The third kappa shape index (κ3) is 2.58. The molecule has 1 aromatic rings. The molecular weight excluding hydrogens is 222 g/mol. The molecule has 1 aliphatic rings. The van der Waals surface area contributed by atoms with Crippen LogP contribution in [0, 0.1) is 13.8 Å². The quantitative estimate of drug-likeness (QED) is 0.879. The van der Waals surface area contributed by atoms with Gasteiger partial charge in [-0.15, -0.1) is 0 Å². The maximum atomic E-state index is 6.11. The fourth-order valence-electron chi connectivity index (χ4n) is 2.38. The molecule has 0 radical (unpaired) electrons. The van der Waals surface area contributed by atoms with Gasteiger partial charge in [-0.3, -0.25) is 4.68 Å². The predicted octanol–water partition coefficient (Wildman–Crippen LogP) is 2.69. The van der Waals surface area contributed by atoms with Gasteiger partial charge < -0.3 is 5.32 Å². The van der Waals surface area contributed by atoms with Gasteiger partial charge in [0.25, 0.3) is 0 Å². The number of aromatic nitrogens is 2. The first-order valence-corrected chi connectivity index (χ1v) is 6.49. The molecule has 1 N–H and O–H groups in total. The van der Waals surface area contributed by atoms with Gasteiger partial charge >= 0.3 is 0 Å². The Hall–Kier alpha value is -0.540. The first kappa shape index (κ1) is 11.9. The summed E-state index contributed by atoms with van der Waals surface area (Å²) in [5.74, 6) is 0. The highest BCUT2D eigenvalue weighted by atomic mass is 35.5. The van der Waals surface area contributed by atoms with Crippen LogP contribution in [0.5, 0.6) is 0 Å². The van der Waals surface area contributed by atoms with Gasteiger partial charge in [-0.25, -0.2) is 0 Å². The Labute approximate surface area is 102 Å². The second-order valence-electron chi connectivity index (χ2n) is 4.64. The minimum Gasteiger partial charge on any atom is -0.314 e. The van der Waals surface area contributed by atoms with Crippen LogP contribution in [0.3, 0.4) is 0 Å². The molecule has 2 heterocycles.